The van der Waals surface area contributed by atoms with Gasteiger partial charge in [0.05, 0.1) is 39.6 Å². The summed E-state index contributed by atoms with van der Waals surface area (Å²) in [5.41, 5.74) is 2.11. The van der Waals surface area contributed by atoms with Crippen LogP contribution in [0.15, 0.2) is 0 Å². The first-order valence-corrected chi connectivity index (χ1v) is 9.49. The van der Waals surface area contributed by atoms with Crippen molar-refractivity contribution in [3.8, 4) is 0 Å². The fourth-order valence-electron chi connectivity index (χ4n) is 2.56. The summed E-state index contributed by atoms with van der Waals surface area (Å²) >= 11 is 0. The molecule has 0 saturated carbocycles. The van der Waals surface area contributed by atoms with Gasteiger partial charge in [-0.1, -0.05) is 0 Å². The number of rotatable bonds is 9. The van der Waals surface area contributed by atoms with Crippen molar-refractivity contribution in [3.05, 3.63) is 28.8 Å². The van der Waals surface area contributed by atoms with Gasteiger partial charge in [0.15, 0.2) is 29.6 Å². The molecule has 0 spiro atoms. The third-order valence-electron chi connectivity index (χ3n) is 4.31. The van der Waals surface area contributed by atoms with E-state index in [2.05, 4.69) is 5.32 Å². The van der Waals surface area contributed by atoms with Gasteiger partial charge in [-0.15, -0.1) is 0 Å². The number of nitrogens with two attached hydrogens (primary N) is 1. The monoisotopic (exact) mass is 472 g/mol. The molecule has 6 N–H and O–H groups in total. The summed E-state index contributed by atoms with van der Waals surface area (Å²) in [5, 5.41) is 28.5. The third-order valence-corrected chi connectivity index (χ3v) is 4.31. The van der Waals surface area contributed by atoms with Crippen LogP contribution in [0.3, 0.4) is 0 Å². The number of nitrogen functional groups attached to an aromatic ring is 1. The molecule has 10 nitrogen and oxygen atoms in total. The molecule has 1 aromatic rings. The predicted octanol–water partition coefficient (Wildman–Crippen LogP) is -0.956. The van der Waals surface area contributed by atoms with Crippen molar-refractivity contribution in [3.63, 3.8) is 0 Å². The maximum atomic E-state index is 13.5. The number of ether oxygens (including phenoxy) is 4. The Morgan fingerprint density at radius 2 is 1.62 bits per heavy atom. The van der Waals surface area contributed by atoms with E-state index in [1.165, 1.54) is 0 Å². The van der Waals surface area contributed by atoms with E-state index in [1.807, 2.05) is 0 Å². The van der Waals surface area contributed by atoms with Crippen LogP contribution in [0.2, 0.25) is 0 Å². The second-order valence-electron chi connectivity index (χ2n) is 6.61. The average molecular weight is 472 g/mol. The molecule has 2 heterocycles. The molecule has 2 aliphatic rings. The van der Waals surface area contributed by atoms with Gasteiger partial charge in [-0.05, 0) is 0 Å². The van der Waals surface area contributed by atoms with E-state index < -0.39 is 52.6 Å². The largest absolute Gasteiger partial charge is 0.394 e. The molecular weight excluding hydrogens is 448 g/mol. The summed E-state index contributed by atoms with van der Waals surface area (Å²) in [4.78, 5) is 11.6. The molecule has 2 fully saturated rings. The Kier molecular flexibility index (Phi) is 10.0. The smallest absolute Gasteiger partial charge is 0.257 e. The molecule has 2 aliphatic heterocycles. The van der Waals surface area contributed by atoms with E-state index in [-0.39, 0.29) is 58.6 Å². The molecule has 2 saturated heterocycles. The van der Waals surface area contributed by atoms with Gasteiger partial charge in [-0.2, -0.15) is 0 Å². The Bertz CT molecular complexity index is 757. The first kappa shape index (κ1) is 26.2. The number of anilines is 1. The molecule has 14 heteroatoms. The number of epoxide rings is 1. The summed E-state index contributed by atoms with van der Waals surface area (Å²) in [6, 6.07) is 0. The van der Waals surface area contributed by atoms with Gasteiger partial charge in [0, 0.05) is 6.54 Å². The molecule has 4 unspecified atom stereocenters. The fraction of sp³-hybridized carbons (Fsp3) is 0.611. The van der Waals surface area contributed by atoms with E-state index >= 15 is 0 Å². The average Bonchev–Trinajstić information content (AvgIpc) is 3.57. The predicted molar refractivity (Wildman–Crippen MR) is 98.4 cm³/mol. The lowest BCUT2D eigenvalue weighted by atomic mass is 10.1. The minimum Gasteiger partial charge on any atom is -0.394 e. The van der Waals surface area contributed by atoms with Crippen LogP contribution in [0.5, 0.6) is 0 Å². The van der Waals surface area contributed by atoms with Gasteiger partial charge in [-0.3, -0.25) is 4.79 Å². The molecule has 0 radical (unpaired) electrons. The van der Waals surface area contributed by atoms with Crippen molar-refractivity contribution in [2.45, 2.75) is 24.6 Å². The van der Waals surface area contributed by atoms with E-state index in [1.54, 1.807) is 0 Å². The number of benzene rings is 1. The number of aliphatic hydroxyl groups excluding tert-OH is 3. The number of nitrogens with one attached hydrogen (secondary N) is 1. The Morgan fingerprint density at radius 1 is 1.03 bits per heavy atom. The fourth-order valence-corrected chi connectivity index (χ4v) is 2.56. The zero-order valence-electron chi connectivity index (χ0n) is 16.7. The lowest BCUT2D eigenvalue weighted by Crippen LogP contribution is -2.40. The maximum absolute atomic E-state index is 13.5. The quantitative estimate of drug-likeness (QED) is 0.100. The number of halogens is 4. The molecule has 1 aromatic carbocycles. The molecule has 32 heavy (non-hydrogen) atoms. The van der Waals surface area contributed by atoms with Crippen LogP contribution in [0.4, 0.5) is 23.2 Å². The lowest BCUT2D eigenvalue weighted by molar-refractivity contribution is -0.0775. The highest BCUT2D eigenvalue weighted by Gasteiger charge is 2.52. The summed E-state index contributed by atoms with van der Waals surface area (Å²) in [7, 11) is 0. The number of carbonyl (C=O) groups excluding carboxylic acids is 1. The number of fused-ring (bicyclic) bond motifs is 1. The van der Waals surface area contributed by atoms with Crippen molar-refractivity contribution >= 4 is 11.6 Å². The molecule has 1 amide bonds. The number of hydrogen-bond acceptors (Lipinski definition) is 9. The molecule has 182 valence electrons. The van der Waals surface area contributed by atoms with Gasteiger partial charge in [0.25, 0.3) is 5.91 Å². The number of aliphatic hydroxyl groups is 3. The normalized spacial score (nSPS) is 23.7. The zero-order chi connectivity index (χ0) is 23.8. The van der Waals surface area contributed by atoms with Crippen LogP contribution in [0, 0.1) is 23.3 Å². The molecular formula is C18H24F4N2O8. The first-order valence-electron chi connectivity index (χ1n) is 9.49. The second kappa shape index (κ2) is 12.2. The molecule has 0 aliphatic carbocycles. The van der Waals surface area contributed by atoms with Gasteiger partial charge >= 0.3 is 0 Å². The van der Waals surface area contributed by atoms with Gasteiger partial charge in [-0.25, -0.2) is 17.6 Å². The Labute approximate surface area is 179 Å². The first-order chi connectivity index (χ1) is 15.2. The van der Waals surface area contributed by atoms with E-state index in [0.717, 1.165) is 0 Å². The third kappa shape index (κ3) is 6.71. The zero-order valence-corrected chi connectivity index (χ0v) is 16.7. The summed E-state index contributed by atoms with van der Waals surface area (Å²) < 4.78 is 73.1. The molecule has 4 atom stereocenters. The highest BCUT2D eigenvalue weighted by Crippen LogP contribution is 2.32. The Morgan fingerprint density at radius 3 is 2.19 bits per heavy atom. The Balaban J connectivity index is 0.000000329. The molecule has 0 bridgehead atoms. The van der Waals surface area contributed by atoms with Crippen LogP contribution >= 0.6 is 0 Å². The molecule has 3 rings (SSSR count). The van der Waals surface area contributed by atoms with Gasteiger partial charge < -0.3 is 45.3 Å². The van der Waals surface area contributed by atoms with Crippen molar-refractivity contribution < 1.29 is 56.6 Å². The van der Waals surface area contributed by atoms with Crippen molar-refractivity contribution in [1.82, 2.24) is 5.32 Å². The van der Waals surface area contributed by atoms with Crippen LogP contribution in [-0.2, 0) is 18.9 Å². The number of carbonyl (C=O) groups is 1. The minimum absolute atomic E-state index is 0.0165. The van der Waals surface area contributed by atoms with Crippen LogP contribution in [-0.4, -0.2) is 92.0 Å². The van der Waals surface area contributed by atoms with E-state index in [0.29, 0.717) is 0 Å². The lowest BCUT2D eigenvalue weighted by Gasteiger charge is -2.18. The molecule has 0 aromatic heterocycles. The Hall–Kier alpha value is -2.07. The summed E-state index contributed by atoms with van der Waals surface area (Å²) in [5.74, 6) is -8.72. The van der Waals surface area contributed by atoms with Crippen LogP contribution in [0.1, 0.15) is 10.4 Å². The maximum Gasteiger partial charge on any atom is 0.257 e. The van der Waals surface area contributed by atoms with Crippen LogP contribution in [0.25, 0.3) is 0 Å². The van der Waals surface area contributed by atoms with E-state index in [4.69, 9.17) is 40.0 Å². The van der Waals surface area contributed by atoms with Crippen LogP contribution < -0.4 is 11.1 Å². The SMILES string of the molecule is Nc1c(F)c(F)c(C(=O)NCCOCCOCCO)c(F)c1F.OC1COC2OC2C1O. The van der Waals surface area contributed by atoms with E-state index in [9.17, 15) is 22.4 Å². The number of amides is 1. The second-order valence-corrected chi connectivity index (χ2v) is 6.61. The van der Waals surface area contributed by atoms with Crippen molar-refractivity contribution in [2.24, 2.45) is 0 Å². The topological polar surface area (TPSA) is 156 Å². The highest BCUT2D eigenvalue weighted by atomic mass is 19.2. The number of hydrogen-bond donors (Lipinski definition) is 5. The van der Waals surface area contributed by atoms with Gasteiger partial charge in [0.2, 0.25) is 0 Å². The summed E-state index contributed by atoms with van der Waals surface area (Å²) in [6.45, 7) is 0.440. The van der Waals surface area contributed by atoms with Crippen molar-refractivity contribution in [2.75, 3.05) is 51.9 Å². The van der Waals surface area contributed by atoms with Gasteiger partial charge in [0.1, 0.15) is 29.6 Å². The minimum atomic E-state index is -1.86. The standard InChI is InChI=1S/C13H16F4N2O4.C5H8O4/c14-8-7(9(15)11(17)12(18)10(8)16)13(21)19-1-3-22-5-6-23-4-2-20;6-2-1-8-5-4(9-5)3(2)7/h20H,1-6,18H2,(H,19,21);2-7H,1H2. The highest BCUT2D eigenvalue weighted by molar-refractivity contribution is 5.95. The summed E-state index contributed by atoms with van der Waals surface area (Å²) in [6.07, 6.45) is -2.03. The van der Waals surface area contributed by atoms with Crippen molar-refractivity contribution in [1.29, 1.82) is 0 Å².